The summed E-state index contributed by atoms with van der Waals surface area (Å²) >= 11 is 0. The van der Waals surface area contributed by atoms with Crippen molar-refractivity contribution in [2.45, 2.75) is 6.92 Å². The van der Waals surface area contributed by atoms with Gasteiger partial charge in [-0.05, 0) is 31.2 Å². The number of amides is 1. The minimum Gasteiger partial charge on any atom is -0.465 e. The average molecular weight is 395 g/mol. The molecule has 0 atom stereocenters. The van der Waals surface area contributed by atoms with Crippen molar-refractivity contribution in [2.24, 2.45) is 0 Å². The van der Waals surface area contributed by atoms with Gasteiger partial charge in [-0.15, -0.1) is 0 Å². The Morgan fingerprint density at radius 2 is 1.79 bits per heavy atom. The summed E-state index contributed by atoms with van der Waals surface area (Å²) in [5, 5.41) is 2.82. The number of carbonyl (C=O) groups excluding carboxylic acids is 3. The van der Waals surface area contributed by atoms with E-state index in [1.165, 1.54) is 19.2 Å². The van der Waals surface area contributed by atoms with Crippen LogP contribution in [-0.2, 0) is 14.3 Å². The highest BCUT2D eigenvalue weighted by Crippen LogP contribution is 2.17. The zero-order valence-electron chi connectivity index (χ0n) is 15.7. The van der Waals surface area contributed by atoms with Crippen LogP contribution in [0.4, 0.5) is 5.69 Å². The number of fused-ring (bicyclic) bond motifs is 1. The van der Waals surface area contributed by atoms with Crippen molar-refractivity contribution in [3.8, 4) is 0 Å². The first-order chi connectivity index (χ1) is 13.9. The second-order valence-electron chi connectivity index (χ2n) is 6.14. The van der Waals surface area contributed by atoms with Gasteiger partial charge in [0.25, 0.3) is 5.91 Å². The molecule has 0 saturated carbocycles. The lowest BCUT2D eigenvalue weighted by Gasteiger charge is -2.10. The second-order valence-corrected chi connectivity index (χ2v) is 6.14. The largest absolute Gasteiger partial charge is 0.465 e. The Bertz CT molecular complexity index is 1160. The Morgan fingerprint density at radius 3 is 2.55 bits per heavy atom. The Kier molecular flexibility index (Phi) is 5.73. The predicted molar refractivity (Wildman–Crippen MR) is 104 cm³/mol. The molecule has 1 heterocycles. The summed E-state index contributed by atoms with van der Waals surface area (Å²) in [6.45, 7) is 1.20. The van der Waals surface area contributed by atoms with Crippen LogP contribution in [0.2, 0.25) is 0 Å². The quantitative estimate of drug-likeness (QED) is 0.661. The molecule has 0 aliphatic heterocycles. The number of anilines is 1. The lowest BCUT2D eigenvalue weighted by molar-refractivity contribution is -0.119. The van der Waals surface area contributed by atoms with E-state index in [0.29, 0.717) is 5.39 Å². The van der Waals surface area contributed by atoms with Gasteiger partial charge in [-0.1, -0.05) is 23.8 Å². The molecule has 1 N–H and O–H groups in total. The molecule has 0 unspecified atom stereocenters. The van der Waals surface area contributed by atoms with Crippen LogP contribution in [0.5, 0.6) is 0 Å². The smallest absolute Gasteiger partial charge is 0.374 e. The molecule has 0 radical (unpaired) electrons. The summed E-state index contributed by atoms with van der Waals surface area (Å²) in [7, 11) is 1.22. The third-order valence-electron chi connectivity index (χ3n) is 4.02. The maximum Gasteiger partial charge on any atom is 0.374 e. The lowest BCUT2D eigenvalue weighted by Crippen LogP contribution is -2.22. The minimum absolute atomic E-state index is 0.158. The number of hydrogen-bond acceptors (Lipinski definition) is 7. The van der Waals surface area contributed by atoms with E-state index in [1.807, 2.05) is 6.92 Å². The topological polar surface area (TPSA) is 112 Å². The molecule has 0 aliphatic rings. The Balaban J connectivity index is 1.69. The molecule has 1 aromatic heterocycles. The van der Waals surface area contributed by atoms with Crippen LogP contribution in [0.15, 0.2) is 57.7 Å². The van der Waals surface area contributed by atoms with E-state index in [4.69, 9.17) is 9.15 Å². The number of nitrogens with one attached hydrogen (secondary N) is 1. The third kappa shape index (κ3) is 4.49. The molecule has 29 heavy (non-hydrogen) atoms. The fourth-order valence-corrected chi connectivity index (χ4v) is 2.64. The maximum atomic E-state index is 12.2. The first-order valence-corrected chi connectivity index (χ1v) is 8.58. The summed E-state index contributed by atoms with van der Waals surface area (Å²) in [5.74, 6) is -2.56. The van der Waals surface area contributed by atoms with E-state index in [2.05, 4.69) is 10.1 Å². The van der Waals surface area contributed by atoms with E-state index >= 15 is 0 Å². The average Bonchev–Trinajstić information content (AvgIpc) is 2.72. The number of para-hydroxylation sites is 1. The molecule has 8 nitrogen and oxygen atoms in total. The number of hydrogen-bond donors (Lipinski definition) is 1. The zero-order valence-corrected chi connectivity index (χ0v) is 15.7. The maximum absolute atomic E-state index is 12.2. The van der Waals surface area contributed by atoms with E-state index < -0.39 is 29.9 Å². The van der Waals surface area contributed by atoms with E-state index in [1.54, 1.807) is 30.3 Å². The molecule has 148 valence electrons. The standard InChI is InChI=1S/C21H17NO7/c1-12-7-8-17-14(9-12)16(23)10-18(29-17)21(26)28-11-19(24)22-15-6-4-3-5-13(15)20(25)27-2/h3-10H,11H2,1-2H3,(H,22,24). The van der Waals surface area contributed by atoms with Crippen LogP contribution < -0.4 is 10.7 Å². The van der Waals surface area contributed by atoms with Crippen molar-refractivity contribution in [3.63, 3.8) is 0 Å². The van der Waals surface area contributed by atoms with Crippen LogP contribution in [0, 0.1) is 6.92 Å². The van der Waals surface area contributed by atoms with Gasteiger partial charge in [-0.3, -0.25) is 9.59 Å². The number of benzene rings is 2. The number of methoxy groups -OCH3 is 1. The van der Waals surface area contributed by atoms with Crippen LogP contribution in [-0.4, -0.2) is 31.6 Å². The van der Waals surface area contributed by atoms with Gasteiger partial charge in [-0.25, -0.2) is 9.59 Å². The highest BCUT2D eigenvalue weighted by molar-refractivity contribution is 6.02. The molecule has 1 amide bonds. The molecule has 0 fully saturated rings. The number of aryl methyl sites for hydroxylation is 1. The molecule has 0 bridgehead atoms. The lowest BCUT2D eigenvalue weighted by atomic mass is 10.1. The Morgan fingerprint density at radius 1 is 1.03 bits per heavy atom. The predicted octanol–water partition coefficient (Wildman–Crippen LogP) is 2.68. The third-order valence-corrected chi connectivity index (χ3v) is 4.02. The number of rotatable bonds is 5. The van der Waals surface area contributed by atoms with Gasteiger partial charge >= 0.3 is 11.9 Å². The fraction of sp³-hybridized carbons (Fsp3) is 0.143. The van der Waals surface area contributed by atoms with Gasteiger partial charge in [0.15, 0.2) is 12.0 Å². The van der Waals surface area contributed by atoms with Gasteiger partial charge in [0.2, 0.25) is 5.76 Å². The van der Waals surface area contributed by atoms with E-state index in [-0.39, 0.29) is 22.6 Å². The molecule has 8 heteroatoms. The van der Waals surface area contributed by atoms with Crippen molar-refractivity contribution in [3.05, 3.63) is 75.6 Å². The molecule has 0 saturated heterocycles. The second kappa shape index (κ2) is 8.39. The summed E-state index contributed by atoms with van der Waals surface area (Å²) in [5.41, 5.74) is 1.10. The molecular formula is C21H17NO7. The summed E-state index contributed by atoms with van der Waals surface area (Å²) < 4.78 is 15.0. The number of ether oxygens (including phenoxy) is 2. The van der Waals surface area contributed by atoms with Gasteiger partial charge in [0.1, 0.15) is 5.58 Å². The highest BCUT2D eigenvalue weighted by atomic mass is 16.5. The minimum atomic E-state index is -0.957. The molecule has 3 rings (SSSR count). The van der Waals surface area contributed by atoms with Gasteiger partial charge < -0.3 is 19.2 Å². The van der Waals surface area contributed by atoms with Crippen LogP contribution in [0.3, 0.4) is 0 Å². The zero-order chi connectivity index (χ0) is 21.0. The van der Waals surface area contributed by atoms with Crippen molar-refractivity contribution in [1.82, 2.24) is 0 Å². The van der Waals surface area contributed by atoms with Gasteiger partial charge in [-0.2, -0.15) is 0 Å². The highest BCUT2D eigenvalue weighted by Gasteiger charge is 2.17. The summed E-state index contributed by atoms with van der Waals surface area (Å²) in [4.78, 5) is 48.2. The Labute approximate surface area is 165 Å². The number of carbonyl (C=O) groups is 3. The summed E-state index contributed by atoms with van der Waals surface area (Å²) in [6.07, 6.45) is 0. The van der Waals surface area contributed by atoms with Crippen LogP contribution in [0.25, 0.3) is 11.0 Å². The normalized spacial score (nSPS) is 10.4. The van der Waals surface area contributed by atoms with Gasteiger partial charge in [0.05, 0.1) is 23.7 Å². The fourth-order valence-electron chi connectivity index (χ4n) is 2.64. The van der Waals surface area contributed by atoms with Crippen molar-refractivity contribution in [1.29, 1.82) is 0 Å². The van der Waals surface area contributed by atoms with E-state index in [0.717, 1.165) is 11.6 Å². The SMILES string of the molecule is COC(=O)c1ccccc1NC(=O)COC(=O)c1cc(=O)c2cc(C)ccc2o1. The summed E-state index contributed by atoms with van der Waals surface area (Å²) in [6, 6.07) is 12.2. The molecule has 2 aromatic carbocycles. The van der Waals surface area contributed by atoms with Crippen LogP contribution >= 0.6 is 0 Å². The molecule has 3 aromatic rings. The monoisotopic (exact) mass is 395 g/mol. The Hall–Kier alpha value is -3.94. The van der Waals surface area contributed by atoms with Crippen molar-refractivity contribution >= 4 is 34.5 Å². The van der Waals surface area contributed by atoms with E-state index in [9.17, 15) is 19.2 Å². The van der Waals surface area contributed by atoms with Crippen molar-refractivity contribution in [2.75, 3.05) is 19.0 Å². The molecule has 0 aliphatic carbocycles. The van der Waals surface area contributed by atoms with Crippen molar-refractivity contribution < 1.29 is 28.3 Å². The molecule has 0 spiro atoms. The first kappa shape index (κ1) is 19.8. The number of esters is 2. The molecular weight excluding hydrogens is 378 g/mol. The first-order valence-electron chi connectivity index (χ1n) is 8.58. The van der Waals surface area contributed by atoms with Gasteiger partial charge in [0, 0.05) is 6.07 Å². The van der Waals surface area contributed by atoms with Crippen LogP contribution in [0.1, 0.15) is 26.5 Å².